The molecule has 0 unspecified atom stereocenters. The van der Waals surface area contributed by atoms with Crippen molar-refractivity contribution in [2.75, 3.05) is 32.1 Å². The van der Waals surface area contributed by atoms with Gasteiger partial charge >= 0.3 is 5.51 Å². The van der Waals surface area contributed by atoms with Crippen molar-refractivity contribution in [2.24, 2.45) is 0 Å². The van der Waals surface area contributed by atoms with Gasteiger partial charge in [-0.1, -0.05) is 6.92 Å². The summed E-state index contributed by atoms with van der Waals surface area (Å²) in [5, 5.41) is 3.00. The van der Waals surface area contributed by atoms with Gasteiger partial charge in [0.15, 0.2) is 0 Å². The Labute approximate surface area is 80.2 Å². The molecular formula is C7H14F3NOS. The first-order chi connectivity index (χ1) is 6.06. The fraction of sp³-hybridized carbons (Fsp3) is 1.00. The maximum absolute atomic E-state index is 11.6. The molecule has 0 aromatic carbocycles. The number of likely N-dealkylation sites (N-methyl/N-ethyl adjacent to an activating group) is 1. The molecule has 0 atom stereocenters. The second-order valence-electron chi connectivity index (χ2n) is 2.26. The second kappa shape index (κ2) is 7.46. The highest BCUT2D eigenvalue weighted by Gasteiger charge is 2.27. The molecule has 80 valence electrons. The normalized spacial score (nSPS) is 12.0. The Morgan fingerprint density at radius 3 is 2.54 bits per heavy atom. The largest absolute Gasteiger partial charge is 0.441 e. The summed E-state index contributed by atoms with van der Waals surface area (Å²) >= 11 is -0.0480. The van der Waals surface area contributed by atoms with Crippen LogP contribution >= 0.6 is 11.8 Å². The van der Waals surface area contributed by atoms with E-state index in [-0.39, 0.29) is 24.1 Å². The van der Waals surface area contributed by atoms with Crippen LogP contribution in [0.2, 0.25) is 0 Å². The molecule has 0 radical (unpaired) electrons. The topological polar surface area (TPSA) is 21.3 Å². The average Bonchev–Trinajstić information content (AvgIpc) is 2.01. The lowest BCUT2D eigenvalue weighted by Gasteiger charge is -2.06. The maximum Gasteiger partial charge on any atom is 0.441 e. The molecule has 2 nitrogen and oxygen atoms in total. The molecule has 0 aliphatic rings. The highest BCUT2D eigenvalue weighted by atomic mass is 32.2. The lowest BCUT2D eigenvalue weighted by atomic mass is 10.6. The Kier molecular flexibility index (Phi) is 7.50. The monoisotopic (exact) mass is 217 g/mol. The highest BCUT2D eigenvalue weighted by Crippen LogP contribution is 2.29. The van der Waals surface area contributed by atoms with Crippen LogP contribution < -0.4 is 5.32 Å². The van der Waals surface area contributed by atoms with Gasteiger partial charge in [0.2, 0.25) is 0 Å². The van der Waals surface area contributed by atoms with E-state index in [2.05, 4.69) is 5.32 Å². The number of alkyl halides is 3. The van der Waals surface area contributed by atoms with Crippen LogP contribution in [0.3, 0.4) is 0 Å². The molecule has 0 heterocycles. The van der Waals surface area contributed by atoms with Gasteiger partial charge in [-0.3, -0.25) is 0 Å². The summed E-state index contributed by atoms with van der Waals surface area (Å²) in [5.74, 6) is -0.0321. The summed E-state index contributed by atoms with van der Waals surface area (Å²) in [4.78, 5) is 0. The Balaban J connectivity index is 3.00. The van der Waals surface area contributed by atoms with Crippen LogP contribution in [0.5, 0.6) is 0 Å². The van der Waals surface area contributed by atoms with Gasteiger partial charge < -0.3 is 10.1 Å². The van der Waals surface area contributed by atoms with Crippen LogP contribution in [-0.4, -0.2) is 37.6 Å². The van der Waals surface area contributed by atoms with Crippen molar-refractivity contribution in [1.29, 1.82) is 0 Å². The quantitative estimate of drug-likeness (QED) is 0.658. The number of halogens is 3. The molecule has 0 aliphatic heterocycles. The summed E-state index contributed by atoms with van der Waals surface area (Å²) in [6, 6.07) is 0. The van der Waals surface area contributed by atoms with Crippen molar-refractivity contribution in [3.05, 3.63) is 0 Å². The third kappa shape index (κ3) is 12.1. The van der Waals surface area contributed by atoms with Crippen LogP contribution in [0.15, 0.2) is 0 Å². The van der Waals surface area contributed by atoms with E-state index in [1.165, 1.54) is 0 Å². The van der Waals surface area contributed by atoms with E-state index in [0.717, 1.165) is 6.54 Å². The predicted molar refractivity (Wildman–Crippen MR) is 47.9 cm³/mol. The van der Waals surface area contributed by atoms with Gasteiger partial charge in [0.1, 0.15) is 0 Å². The van der Waals surface area contributed by atoms with Gasteiger partial charge in [0.25, 0.3) is 0 Å². The minimum Gasteiger partial charge on any atom is -0.379 e. The van der Waals surface area contributed by atoms with E-state index in [9.17, 15) is 13.2 Å². The number of thioether (sulfide) groups is 1. The van der Waals surface area contributed by atoms with Crippen molar-refractivity contribution >= 4 is 11.8 Å². The zero-order valence-corrected chi connectivity index (χ0v) is 8.30. The minimum absolute atomic E-state index is 0.0321. The van der Waals surface area contributed by atoms with E-state index < -0.39 is 5.51 Å². The van der Waals surface area contributed by atoms with Gasteiger partial charge in [-0.05, 0) is 18.3 Å². The second-order valence-corrected chi connectivity index (χ2v) is 3.42. The lowest BCUT2D eigenvalue weighted by molar-refractivity contribution is -0.0331. The molecule has 0 bridgehead atoms. The molecule has 0 aromatic heterocycles. The third-order valence-electron chi connectivity index (χ3n) is 1.17. The molecule has 0 aliphatic carbocycles. The van der Waals surface area contributed by atoms with Crippen LogP contribution in [0.4, 0.5) is 13.2 Å². The Morgan fingerprint density at radius 2 is 2.00 bits per heavy atom. The van der Waals surface area contributed by atoms with Crippen LogP contribution in [0.1, 0.15) is 6.92 Å². The Hall–Kier alpha value is 0.0600. The van der Waals surface area contributed by atoms with Crippen molar-refractivity contribution in [1.82, 2.24) is 5.32 Å². The van der Waals surface area contributed by atoms with Crippen LogP contribution in [-0.2, 0) is 4.74 Å². The molecule has 6 heteroatoms. The van der Waals surface area contributed by atoms with Crippen LogP contribution in [0, 0.1) is 0 Å². The number of nitrogens with one attached hydrogen (secondary N) is 1. The van der Waals surface area contributed by atoms with Gasteiger partial charge in [-0.25, -0.2) is 0 Å². The molecule has 0 rings (SSSR count). The molecule has 0 amide bonds. The zero-order valence-electron chi connectivity index (χ0n) is 7.49. The summed E-state index contributed by atoms with van der Waals surface area (Å²) < 4.78 is 39.7. The fourth-order valence-corrected chi connectivity index (χ4v) is 1.07. The van der Waals surface area contributed by atoms with Crippen molar-refractivity contribution in [3.8, 4) is 0 Å². The summed E-state index contributed by atoms with van der Waals surface area (Å²) in [6.07, 6.45) is 0. The molecule has 1 N–H and O–H groups in total. The molecule has 0 saturated heterocycles. The van der Waals surface area contributed by atoms with E-state index in [1.54, 1.807) is 0 Å². The van der Waals surface area contributed by atoms with E-state index in [1.807, 2.05) is 6.92 Å². The molecule has 0 saturated carbocycles. The van der Waals surface area contributed by atoms with Gasteiger partial charge in [0, 0.05) is 12.3 Å². The molecular weight excluding hydrogens is 203 g/mol. The Morgan fingerprint density at radius 1 is 1.31 bits per heavy atom. The fourth-order valence-electron chi connectivity index (χ4n) is 0.639. The van der Waals surface area contributed by atoms with Gasteiger partial charge in [-0.2, -0.15) is 13.2 Å². The molecule has 0 spiro atoms. The molecule has 0 fully saturated rings. The molecule has 13 heavy (non-hydrogen) atoms. The smallest absolute Gasteiger partial charge is 0.379 e. The highest BCUT2D eigenvalue weighted by molar-refractivity contribution is 8.00. The van der Waals surface area contributed by atoms with Gasteiger partial charge in [0.05, 0.1) is 13.2 Å². The SMILES string of the molecule is CCNCCOCCSC(F)(F)F. The maximum atomic E-state index is 11.6. The standard InChI is InChI=1S/C7H14F3NOS/c1-2-11-3-4-12-5-6-13-7(8,9)10/h11H,2-6H2,1H3. The zero-order chi connectivity index (χ0) is 10.2. The van der Waals surface area contributed by atoms with Gasteiger partial charge in [-0.15, -0.1) is 0 Å². The Bertz CT molecular complexity index is 121. The number of hydrogen-bond donors (Lipinski definition) is 1. The number of rotatable bonds is 7. The third-order valence-corrected chi connectivity index (χ3v) is 1.86. The van der Waals surface area contributed by atoms with Crippen molar-refractivity contribution < 1.29 is 17.9 Å². The first kappa shape index (κ1) is 13.1. The predicted octanol–water partition coefficient (Wildman–Crippen LogP) is 1.87. The van der Waals surface area contributed by atoms with Crippen molar-refractivity contribution in [2.45, 2.75) is 12.4 Å². The van der Waals surface area contributed by atoms with Crippen LogP contribution in [0.25, 0.3) is 0 Å². The first-order valence-corrected chi connectivity index (χ1v) is 5.04. The molecule has 0 aromatic rings. The minimum atomic E-state index is -4.13. The lowest BCUT2D eigenvalue weighted by Crippen LogP contribution is -2.19. The van der Waals surface area contributed by atoms with E-state index >= 15 is 0 Å². The first-order valence-electron chi connectivity index (χ1n) is 4.05. The average molecular weight is 217 g/mol. The number of ether oxygens (including phenoxy) is 1. The van der Waals surface area contributed by atoms with E-state index in [4.69, 9.17) is 4.74 Å². The number of hydrogen-bond acceptors (Lipinski definition) is 3. The van der Waals surface area contributed by atoms with E-state index in [0.29, 0.717) is 13.2 Å². The summed E-state index contributed by atoms with van der Waals surface area (Å²) in [7, 11) is 0. The summed E-state index contributed by atoms with van der Waals surface area (Å²) in [5.41, 5.74) is -4.13. The summed E-state index contributed by atoms with van der Waals surface area (Å²) in [6.45, 7) is 4.11. The van der Waals surface area contributed by atoms with Crippen molar-refractivity contribution in [3.63, 3.8) is 0 Å².